The van der Waals surface area contributed by atoms with Crippen molar-refractivity contribution in [2.75, 3.05) is 0 Å². The van der Waals surface area contributed by atoms with Gasteiger partial charge in [-0.2, -0.15) is 0 Å². The first kappa shape index (κ1) is 32.7. The number of rotatable bonds is 5. The molecule has 0 spiro atoms. The lowest BCUT2D eigenvalue weighted by Gasteiger charge is -2.11. The molecule has 0 amide bonds. The second-order valence-corrected chi connectivity index (χ2v) is 9.82. The lowest BCUT2D eigenvalue weighted by Crippen LogP contribution is -2.30. The zero-order valence-electron chi connectivity index (χ0n) is 23.7. The molecule has 0 saturated heterocycles. The summed E-state index contributed by atoms with van der Waals surface area (Å²) in [6, 6.07) is 30.6. The van der Waals surface area contributed by atoms with Gasteiger partial charge in [0.1, 0.15) is 11.3 Å². The van der Waals surface area contributed by atoms with Crippen LogP contribution in [0, 0.1) is 66.0 Å². The van der Waals surface area contributed by atoms with Gasteiger partial charge in [-0.1, -0.05) is 60.7 Å². The van der Waals surface area contributed by atoms with Crippen molar-refractivity contribution in [3.8, 4) is 34.8 Å². The van der Waals surface area contributed by atoms with E-state index in [0.717, 1.165) is 40.2 Å². The average Bonchev–Trinajstić information content (AvgIpc) is 3.09. The third-order valence-corrected chi connectivity index (χ3v) is 7.03. The van der Waals surface area contributed by atoms with E-state index in [0.29, 0.717) is 0 Å². The lowest BCUT2D eigenvalue weighted by atomic mass is 10.1. The molecule has 221 valence electrons. The summed E-state index contributed by atoms with van der Waals surface area (Å²) in [7, 11) is 0. The molecule has 0 aliphatic rings. The molecule has 7 nitrogen and oxygen atoms in total. The van der Waals surface area contributed by atoms with Crippen LogP contribution in [0.25, 0.3) is 43.1 Å². The molecule has 0 saturated carbocycles. The van der Waals surface area contributed by atoms with Gasteiger partial charge in [0.05, 0.1) is 41.5 Å². The molecule has 0 unspecified atom stereocenters. The van der Waals surface area contributed by atoms with Crippen LogP contribution in [-0.2, 0) is 0 Å². The SMILES string of the molecule is Cc1ccc2cccc([O][Al][O]c3ccc(-c4ccccc4)cc3)c2n1.[C-]#[N+]C(C#N)=c1c(F)c(F)c(=C(C#N)[N+]#[C-])c(F)c1F. The van der Waals surface area contributed by atoms with Gasteiger partial charge < -0.3 is 7.58 Å². The number of pyridine rings is 1. The van der Waals surface area contributed by atoms with Gasteiger partial charge in [-0.25, -0.2) is 42.8 Å². The zero-order chi connectivity index (χ0) is 33.2. The van der Waals surface area contributed by atoms with E-state index < -0.39 is 61.0 Å². The Morgan fingerprint density at radius 1 is 0.696 bits per heavy atom. The molecule has 5 aromatic rings. The molecule has 1 aromatic heterocycles. The molecule has 0 aliphatic heterocycles. The number of hydrogen-bond acceptors (Lipinski definition) is 5. The number of nitrogens with zero attached hydrogens (tertiary/aromatic N) is 5. The zero-order valence-corrected chi connectivity index (χ0v) is 24.9. The van der Waals surface area contributed by atoms with Gasteiger partial charge in [-0.05, 0) is 42.3 Å². The Morgan fingerprint density at radius 2 is 1.24 bits per heavy atom. The molecular formula is C34H17AlF4N5O2. The molecule has 0 atom stereocenters. The highest BCUT2D eigenvalue weighted by Crippen LogP contribution is 2.25. The number of hydrogen-bond donors (Lipinski definition) is 0. The maximum atomic E-state index is 13.6. The van der Waals surface area contributed by atoms with Crippen molar-refractivity contribution in [1.29, 1.82) is 10.5 Å². The normalized spacial score (nSPS) is 9.76. The van der Waals surface area contributed by atoms with Crippen LogP contribution in [0.3, 0.4) is 0 Å². The topological polar surface area (TPSA) is 87.6 Å². The minimum Gasteiger partial charge on any atom is -0.616 e. The first-order chi connectivity index (χ1) is 22.2. The van der Waals surface area contributed by atoms with Crippen molar-refractivity contribution in [2.45, 2.75) is 6.92 Å². The van der Waals surface area contributed by atoms with Crippen molar-refractivity contribution in [3.05, 3.63) is 147 Å². The fraction of sp³-hybridized carbons (Fsp3) is 0.0294. The van der Waals surface area contributed by atoms with Crippen LogP contribution >= 0.6 is 0 Å². The van der Waals surface area contributed by atoms with Gasteiger partial charge in [0.25, 0.3) is 11.4 Å². The molecule has 1 heterocycles. The van der Waals surface area contributed by atoms with Crippen molar-refractivity contribution in [3.63, 3.8) is 0 Å². The molecule has 0 aliphatic carbocycles. The number of benzene rings is 4. The molecule has 12 heteroatoms. The van der Waals surface area contributed by atoms with Crippen LogP contribution in [0.1, 0.15) is 5.69 Å². The Balaban J connectivity index is 0.000000217. The van der Waals surface area contributed by atoms with E-state index in [1.54, 1.807) is 0 Å². The quantitative estimate of drug-likeness (QED) is 0.0952. The monoisotopic (exact) mass is 630 g/mol. The molecule has 4 aromatic carbocycles. The van der Waals surface area contributed by atoms with Crippen molar-refractivity contribution in [1.82, 2.24) is 4.98 Å². The minimum atomic E-state index is -2.01. The fourth-order valence-electron chi connectivity index (χ4n) is 4.12. The van der Waals surface area contributed by atoms with E-state index >= 15 is 0 Å². The molecular weight excluding hydrogens is 613 g/mol. The largest absolute Gasteiger partial charge is 0.881 e. The van der Waals surface area contributed by atoms with Gasteiger partial charge in [0.2, 0.25) is 0 Å². The second kappa shape index (κ2) is 15.0. The summed E-state index contributed by atoms with van der Waals surface area (Å²) in [4.78, 5) is 9.49. The van der Waals surface area contributed by atoms with E-state index in [2.05, 4.69) is 45.0 Å². The summed E-state index contributed by atoms with van der Waals surface area (Å²) in [6.07, 6.45) is 0. The Kier molecular flexibility index (Phi) is 10.7. The van der Waals surface area contributed by atoms with E-state index in [1.165, 1.54) is 11.1 Å². The molecule has 0 fully saturated rings. The summed E-state index contributed by atoms with van der Waals surface area (Å²) in [5.74, 6) is -6.47. The predicted octanol–water partition coefficient (Wildman–Crippen LogP) is 6.55. The number of aryl methyl sites for hydroxylation is 1. The van der Waals surface area contributed by atoms with Crippen LogP contribution in [0.15, 0.2) is 84.9 Å². The first-order valence-corrected chi connectivity index (χ1v) is 14.0. The van der Waals surface area contributed by atoms with Crippen LogP contribution < -0.4 is 18.0 Å². The highest BCUT2D eigenvalue weighted by atomic mass is 27.2. The lowest BCUT2D eigenvalue weighted by molar-refractivity contribution is 0.434. The Morgan fingerprint density at radius 3 is 1.76 bits per heavy atom. The Bertz CT molecular complexity index is 2090. The standard InChI is InChI=1S/C12F4N4.C12H10O.C10H9NO.Al/c1-19-5(3-17)7-9(13)11(15)8(6(4-18)20-2)12(16)10(7)14;13-12-8-6-11(7-9-12)10-4-2-1-3-5-10;1-7-5-6-8-3-2-4-9(12)10(8)11-7;/h;1-9,13H;2-6,12H,1H3;/q;;;+2/p-2. The number of para-hydroxylation sites is 1. The summed E-state index contributed by atoms with van der Waals surface area (Å²) in [5.41, 5.74) is 1.84. The van der Waals surface area contributed by atoms with Gasteiger partial charge in [0.15, 0.2) is 23.3 Å². The summed E-state index contributed by atoms with van der Waals surface area (Å²) >= 11 is -0.665. The van der Waals surface area contributed by atoms with Crippen LogP contribution in [0.5, 0.6) is 11.5 Å². The average molecular weight is 631 g/mol. The van der Waals surface area contributed by atoms with E-state index in [1.807, 2.05) is 61.5 Å². The second-order valence-electron chi connectivity index (χ2n) is 9.15. The third kappa shape index (κ3) is 7.14. The van der Waals surface area contributed by atoms with Crippen molar-refractivity contribution >= 4 is 38.2 Å². The fourth-order valence-corrected chi connectivity index (χ4v) is 4.73. The maximum Gasteiger partial charge on any atom is 0.881 e. The highest BCUT2D eigenvalue weighted by Gasteiger charge is 2.22. The van der Waals surface area contributed by atoms with Gasteiger partial charge >= 0.3 is 15.9 Å². The summed E-state index contributed by atoms with van der Waals surface area (Å²) in [6.45, 7) is 15.0. The predicted molar refractivity (Wildman–Crippen MR) is 162 cm³/mol. The van der Waals surface area contributed by atoms with E-state index in [4.69, 9.17) is 31.2 Å². The number of fused-ring (bicyclic) bond motifs is 1. The van der Waals surface area contributed by atoms with E-state index in [9.17, 15) is 17.6 Å². The van der Waals surface area contributed by atoms with Crippen LogP contribution in [0.4, 0.5) is 17.6 Å². The van der Waals surface area contributed by atoms with Crippen molar-refractivity contribution < 1.29 is 25.1 Å². The Hall–Kier alpha value is -6.16. The van der Waals surface area contributed by atoms with Crippen LogP contribution in [0.2, 0.25) is 0 Å². The molecule has 1 radical (unpaired) electrons. The third-order valence-electron chi connectivity index (χ3n) is 6.32. The van der Waals surface area contributed by atoms with Gasteiger partial charge in [-0.3, -0.25) is 0 Å². The molecule has 0 bridgehead atoms. The molecule has 0 N–H and O–H groups in total. The Labute approximate surface area is 267 Å². The summed E-state index contributed by atoms with van der Waals surface area (Å²) < 4.78 is 66.3. The number of halogens is 4. The smallest absolute Gasteiger partial charge is 0.616 e. The molecule has 46 heavy (non-hydrogen) atoms. The van der Waals surface area contributed by atoms with Gasteiger partial charge in [-0.15, -0.1) is 0 Å². The van der Waals surface area contributed by atoms with Crippen LogP contribution in [-0.4, -0.2) is 20.9 Å². The summed E-state index contributed by atoms with van der Waals surface area (Å²) in [5, 5.41) is 15.1. The minimum absolute atomic E-state index is 0.665. The number of aromatic nitrogens is 1. The highest BCUT2D eigenvalue weighted by molar-refractivity contribution is 6.21. The molecule has 5 rings (SSSR count). The van der Waals surface area contributed by atoms with E-state index in [-0.39, 0.29) is 0 Å². The first-order valence-electron chi connectivity index (χ1n) is 13.1. The van der Waals surface area contributed by atoms with Gasteiger partial charge in [0, 0.05) is 11.1 Å². The maximum absolute atomic E-state index is 13.6. The number of nitriles is 2. The van der Waals surface area contributed by atoms with Crippen molar-refractivity contribution in [2.24, 2.45) is 0 Å².